The van der Waals surface area contributed by atoms with Gasteiger partial charge in [0.2, 0.25) is 0 Å². The van der Waals surface area contributed by atoms with Crippen LogP contribution in [0.4, 0.5) is 0 Å². The largest absolute Gasteiger partial charge is 0.316 e. The van der Waals surface area contributed by atoms with Crippen molar-refractivity contribution in [2.75, 3.05) is 7.05 Å². The van der Waals surface area contributed by atoms with E-state index < -0.39 is 0 Å². The minimum absolute atomic E-state index is 0.736. The summed E-state index contributed by atoms with van der Waals surface area (Å²) < 4.78 is 1.89. The van der Waals surface area contributed by atoms with Gasteiger partial charge in [-0.15, -0.1) is 0 Å². The van der Waals surface area contributed by atoms with Crippen LogP contribution >= 0.6 is 11.6 Å². The van der Waals surface area contributed by atoms with E-state index in [1.807, 2.05) is 60.5 Å². The van der Waals surface area contributed by atoms with E-state index >= 15 is 0 Å². The predicted molar refractivity (Wildman–Crippen MR) is 86.8 cm³/mol. The van der Waals surface area contributed by atoms with Crippen molar-refractivity contribution in [3.63, 3.8) is 0 Å². The van der Waals surface area contributed by atoms with Gasteiger partial charge < -0.3 is 5.32 Å². The summed E-state index contributed by atoms with van der Waals surface area (Å²) in [5.41, 5.74) is 4.41. The molecule has 1 N–H and O–H groups in total. The lowest BCUT2D eigenvalue weighted by atomic mass is 10.1. The Bertz CT molecular complexity index is 735. The highest BCUT2D eigenvalue weighted by atomic mass is 35.5. The van der Waals surface area contributed by atoms with E-state index in [-0.39, 0.29) is 0 Å². The van der Waals surface area contributed by atoms with Crippen LogP contribution in [0.15, 0.2) is 60.9 Å². The number of nitrogens with one attached hydrogen (secondary N) is 1. The maximum atomic E-state index is 6.08. The predicted octanol–water partition coefficient (Wildman–Crippen LogP) is 3.91. The standard InChI is InChI=1S/C17H16ClN3/c1-19-10-14-9-16(18)7-8-17(14)21-12-15(11-20-21)13-5-3-2-4-6-13/h2-9,11-12,19H,10H2,1H3. The number of halogens is 1. The van der Waals surface area contributed by atoms with E-state index in [0.29, 0.717) is 0 Å². The molecule has 2 aromatic carbocycles. The second-order valence-electron chi connectivity index (χ2n) is 4.84. The molecule has 21 heavy (non-hydrogen) atoms. The lowest BCUT2D eigenvalue weighted by molar-refractivity contribution is 0.789. The summed E-state index contributed by atoms with van der Waals surface area (Å²) >= 11 is 6.08. The summed E-state index contributed by atoms with van der Waals surface area (Å²) in [6, 6.07) is 16.1. The van der Waals surface area contributed by atoms with Gasteiger partial charge in [-0.25, -0.2) is 4.68 Å². The van der Waals surface area contributed by atoms with Gasteiger partial charge >= 0.3 is 0 Å². The van der Waals surface area contributed by atoms with Crippen molar-refractivity contribution >= 4 is 11.6 Å². The number of nitrogens with zero attached hydrogens (tertiary/aromatic N) is 2. The molecule has 0 spiro atoms. The summed E-state index contributed by atoms with van der Waals surface area (Å²) in [5.74, 6) is 0. The fourth-order valence-corrected chi connectivity index (χ4v) is 2.54. The van der Waals surface area contributed by atoms with Crippen LogP contribution in [0.3, 0.4) is 0 Å². The first kappa shape index (κ1) is 13.9. The van der Waals surface area contributed by atoms with Crippen molar-refractivity contribution < 1.29 is 0 Å². The molecular formula is C17H16ClN3. The van der Waals surface area contributed by atoms with Gasteiger partial charge in [-0.05, 0) is 36.4 Å². The summed E-state index contributed by atoms with van der Waals surface area (Å²) in [6.45, 7) is 0.746. The lowest BCUT2D eigenvalue weighted by Gasteiger charge is -2.09. The van der Waals surface area contributed by atoms with E-state index in [0.717, 1.165) is 33.9 Å². The third-order valence-corrected chi connectivity index (χ3v) is 3.58. The van der Waals surface area contributed by atoms with Gasteiger partial charge in [0.05, 0.1) is 11.9 Å². The fraction of sp³-hybridized carbons (Fsp3) is 0.118. The highest BCUT2D eigenvalue weighted by Gasteiger charge is 2.08. The molecule has 3 nitrogen and oxygen atoms in total. The first-order chi connectivity index (χ1) is 10.3. The van der Waals surface area contributed by atoms with E-state index in [1.165, 1.54) is 0 Å². The van der Waals surface area contributed by atoms with Crippen molar-refractivity contribution in [2.24, 2.45) is 0 Å². The van der Waals surface area contributed by atoms with Crippen molar-refractivity contribution in [2.45, 2.75) is 6.54 Å². The molecule has 0 radical (unpaired) electrons. The first-order valence-corrected chi connectivity index (χ1v) is 7.19. The first-order valence-electron chi connectivity index (χ1n) is 6.81. The molecule has 0 aliphatic heterocycles. The van der Waals surface area contributed by atoms with Crippen LogP contribution in [0, 0.1) is 0 Å². The Morgan fingerprint density at radius 3 is 2.67 bits per heavy atom. The maximum absolute atomic E-state index is 6.08. The van der Waals surface area contributed by atoms with Crippen LogP contribution < -0.4 is 5.32 Å². The molecule has 0 aliphatic carbocycles. The van der Waals surface area contributed by atoms with E-state index in [1.54, 1.807) is 0 Å². The topological polar surface area (TPSA) is 29.9 Å². The molecule has 1 heterocycles. The Morgan fingerprint density at radius 2 is 1.90 bits per heavy atom. The van der Waals surface area contributed by atoms with Crippen molar-refractivity contribution in [3.8, 4) is 16.8 Å². The van der Waals surface area contributed by atoms with Gasteiger partial charge in [-0.1, -0.05) is 41.9 Å². The smallest absolute Gasteiger partial charge is 0.0691 e. The number of rotatable bonds is 4. The van der Waals surface area contributed by atoms with Crippen LogP contribution in [0.5, 0.6) is 0 Å². The summed E-state index contributed by atoms with van der Waals surface area (Å²) in [5, 5.41) is 8.38. The summed E-state index contributed by atoms with van der Waals surface area (Å²) in [6.07, 6.45) is 3.92. The maximum Gasteiger partial charge on any atom is 0.0691 e. The molecule has 0 aliphatic rings. The average molecular weight is 298 g/mol. The molecule has 0 saturated carbocycles. The number of benzene rings is 2. The monoisotopic (exact) mass is 297 g/mol. The lowest BCUT2D eigenvalue weighted by Crippen LogP contribution is -2.09. The molecule has 0 amide bonds. The normalized spacial score (nSPS) is 10.8. The molecule has 0 bridgehead atoms. The van der Waals surface area contributed by atoms with Gasteiger partial charge in [0.1, 0.15) is 0 Å². The second-order valence-corrected chi connectivity index (χ2v) is 5.28. The van der Waals surface area contributed by atoms with Gasteiger partial charge in [-0.2, -0.15) is 5.10 Å². The highest BCUT2D eigenvalue weighted by molar-refractivity contribution is 6.30. The average Bonchev–Trinajstić information content (AvgIpc) is 2.98. The Labute approximate surface area is 129 Å². The molecule has 0 saturated heterocycles. The number of hydrogen-bond acceptors (Lipinski definition) is 2. The fourth-order valence-electron chi connectivity index (χ4n) is 2.34. The molecule has 4 heteroatoms. The molecule has 0 unspecified atom stereocenters. The van der Waals surface area contributed by atoms with Crippen molar-refractivity contribution in [1.82, 2.24) is 15.1 Å². The molecule has 3 rings (SSSR count). The highest BCUT2D eigenvalue weighted by Crippen LogP contribution is 2.23. The zero-order valence-electron chi connectivity index (χ0n) is 11.8. The third kappa shape index (κ3) is 2.99. The van der Waals surface area contributed by atoms with Crippen LogP contribution in [0.25, 0.3) is 16.8 Å². The van der Waals surface area contributed by atoms with Gasteiger partial charge in [0.15, 0.2) is 0 Å². The molecule has 3 aromatic rings. The van der Waals surface area contributed by atoms with Crippen LogP contribution in [-0.2, 0) is 6.54 Å². The van der Waals surface area contributed by atoms with Crippen LogP contribution in [-0.4, -0.2) is 16.8 Å². The Kier molecular flexibility index (Phi) is 4.04. The SMILES string of the molecule is CNCc1cc(Cl)ccc1-n1cc(-c2ccccc2)cn1. The van der Waals surface area contributed by atoms with Gasteiger partial charge in [-0.3, -0.25) is 0 Å². The molecule has 0 fully saturated rings. The van der Waals surface area contributed by atoms with E-state index in [9.17, 15) is 0 Å². The second kappa shape index (κ2) is 6.12. The third-order valence-electron chi connectivity index (χ3n) is 3.35. The van der Waals surface area contributed by atoms with Crippen LogP contribution in [0.1, 0.15) is 5.56 Å². The molecule has 106 valence electrons. The Balaban J connectivity index is 2.00. The zero-order valence-corrected chi connectivity index (χ0v) is 12.5. The zero-order chi connectivity index (χ0) is 14.7. The van der Waals surface area contributed by atoms with E-state index in [2.05, 4.69) is 22.5 Å². The Morgan fingerprint density at radius 1 is 1.10 bits per heavy atom. The number of hydrogen-bond donors (Lipinski definition) is 1. The molecular weight excluding hydrogens is 282 g/mol. The minimum Gasteiger partial charge on any atom is -0.316 e. The molecule has 1 aromatic heterocycles. The minimum atomic E-state index is 0.736. The van der Waals surface area contributed by atoms with Crippen molar-refractivity contribution in [1.29, 1.82) is 0 Å². The summed E-state index contributed by atoms with van der Waals surface area (Å²) in [7, 11) is 1.92. The quantitative estimate of drug-likeness (QED) is 0.791. The van der Waals surface area contributed by atoms with Gasteiger partial charge in [0.25, 0.3) is 0 Å². The van der Waals surface area contributed by atoms with Crippen LogP contribution in [0.2, 0.25) is 5.02 Å². The number of aromatic nitrogens is 2. The van der Waals surface area contributed by atoms with E-state index in [4.69, 9.17) is 11.6 Å². The molecule has 0 atom stereocenters. The van der Waals surface area contributed by atoms with Crippen molar-refractivity contribution in [3.05, 3.63) is 71.5 Å². The summed E-state index contributed by atoms with van der Waals surface area (Å²) in [4.78, 5) is 0. The van der Waals surface area contributed by atoms with Gasteiger partial charge in [0, 0.05) is 23.3 Å². The Hall–Kier alpha value is -2.10.